The second-order valence-corrected chi connectivity index (χ2v) is 10.1. The summed E-state index contributed by atoms with van der Waals surface area (Å²) in [7, 11) is 0. The average Bonchev–Trinajstić information content (AvgIpc) is 3.50. The maximum atomic E-state index is 14.2. The van der Waals surface area contributed by atoms with Gasteiger partial charge < -0.3 is 16.4 Å². The van der Waals surface area contributed by atoms with E-state index in [4.69, 9.17) is 11.5 Å². The van der Waals surface area contributed by atoms with Crippen LogP contribution < -0.4 is 17.2 Å². The molecular formula is C28H34FN7O2. The van der Waals surface area contributed by atoms with E-state index >= 15 is 0 Å². The molecule has 10 heteroatoms. The zero-order valence-corrected chi connectivity index (χ0v) is 21.6. The molecule has 2 aliphatic rings. The first-order valence-electron chi connectivity index (χ1n) is 13.1. The van der Waals surface area contributed by atoms with Gasteiger partial charge in [0.05, 0.1) is 17.1 Å². The normalized spacial score (nSPS) is 19.7. The number of benzene rings is 1. The number of pyridine rings is 1. The van der Waals surface area contributed by atoms with Crippen LogP contribution >= 0.6 is 0 Å². The molecule has 2 fully saturated rings. The van der Waals surface area contributed by atoms with E-state index in [9.17, 15) is 14.0 Å². The highest BCUT2D eigenvalue weighted by Crippen LogP contribution is 2.29. The molecule has 1 unspecified atom stereocenters. The van der Waals surface area contributed by atoms with Crippen LogP contribution in [0.3, 0.4) is 0 Å². The Kier molecular flexibility index (Phi) is 7.33. The molecule has 4 N–H and O–H groups in total. The molecule has 9 nitrogen and oxygen atoms in total. The Hall–Kier alpha value is -3.92. The molecule has 1 aromatic carbocycles. The fraction of sp³-hybridized carbons (Fsp3) is 0.393. The number of aromatic nitrogens is 3. The molecule has 2 aliphatic heterocycles. The zero-order chi connectivity index (χ0) is 26.8. The maximum absolute atomic E-state index is 14.2. The monoisotopic (exact) mass is 519 g/mol. The molecule has 1 amide bonds. The Labute approximate surface area is 220 Å². The number of carbonyl (C=O) groups excluding carboxylic acids is 1. The molecule has 1 atom stereocenters. The highest BCUT2D eigenvalue weighted by atomic mass is 19.1. The van der Waals surface area contributed by atoms with Gasteiger partial charge in [-0.3, -0.25) is 14.3 Å². The van der Waals surface area contributed by atoms with Gasteiger partial charge in [-0.15, -0.1) is 0 Å². The minimum absolute atomic E-state index is 0.0380. The van der Waals surface area contributed by atoms with Gasteiger partial charge >= 0.3 is 5.69 Å². The summed E-state index contributed by atoms with van der Waals surface area (Å²) >= 11 is 0. The lowest BCUT2D eigenvalue weighted by Gasteiger charge is -2.33. The third-order valence-electron chi connectivity index (χ3n) is 7.65. The number of rotatable bonds is 6. The second kappa shape index (κ2) is 10.8. The van der Waals surface area contributed by atoms with E-state index in [-0.39, 0.29) is 23.6 Å². The van der Waals surface area contributed by atoms with E-state index in [0.717, 1.165) is 37.2 Å². The van der Waals surface area contributed by atoms with Crippen molar-refractivity contribution < 1.29 is 9.18 Å². The van der Waals surface area contributed by atoms with Crippen LogP contribution in [0.25, 0.3) is 16.9 Å². The number of halogens is 1. The summed E-state index contributed by atoms with van der Waals surface area (Å²) < 4.78 is 17.4. The number of nitrogens with two attached hydrogens (primary N) is 2. The summed E-state index contributed by atoms with van der Waals surface area (Å²) in [6.45, 7) is 5.23. The first kappa shape index (κ1) is 25.7. The highest BCUT2D eigenvalue weighted by Gasteiger charge is 2.35. The minimum atomic E-state index is -0.418. The van der Waals surface area contributed by atoms with Gasteiger partial charge in [0.1, 0.15) is 11.6 Å². The SMILES string of the molecule is Cc1cccc(-n2c(=O)n(C3CCN(C(=O)C4CCN(CC(C=CN)=CN)CC4)C3)c3ccc(F)cc32)n1. The zero-order valence-electron chi connectivity index (χ0n) is 21.6. The van der Waals surface area contributed by atoms with Crippen LogP contribution in [0.1, 0.15) is 31.0 Å². The van der Waals surface area contributed by atoms with Crippen LogP contribution in [0, 0.1) is 18.7 Å². The summed E-state index contributed by atoms with van der Waals surface area (Å²) in [6.07, 6.45) is 7.06. The minimum Gasteiger partial charge on any atom is -0.405 e. The number of nitrogens with zero attached hydrogens (tertiary/aromatic N) is 5. The largest absolute Gasteiger partial charge is 0.405 e. The van der Waals surface area contributed by atoms with Crippen molar-refractivity contribution in [2.45, 2.75) is 32.2 Å². The number of carbonyl (C=O) groups is 1. The first-order chi connectivity index (χ1) is 18.4. The smallest absolute Gasteiger partial charge is 0.335 e. The Balaban J connectivity index is 1.33. The Bertz CT molecular complexity index is 1450. The fourth-order valence-electron chi connectivity index (χ4n) is 5.71. The molecule has 0 saturated carbocycles. The van der Waals surface area contributed by atoms with Crippen LogP contribution in [0.4, 0.5) is 4.39 Å². The molecule has 2 aromatic heterocycles. The van der Waals surface area contributed by atoms with Crippen LogP contribution in [0.15, 0.2) is 65.2 Å². The molecule has 4 heterocycles. The average molecular weight is 520 g/mol. The number of hydrogen-bond donors (Lipinski definition) is 2. The Morgan fingerprint density at radius 2 is 1.89 bits per heavy atom. The summed E-state index contributed by atoms with van der Waals surface area (Å²) in [5, 5.41) is 0. The Morgan fingerprint density at radius 1 is 1.11 bits per heavy atom. The molecule has 0 radical (unpaired) electrons. The standard InChI is InChI=1S/C28H34FN7O2/c1-19-3-2-4-26(32-19)36-25-15-22(29)5-6-24(25)35(28(36)38)23-10-14-34(18-23)27(37)21-8-12-33(13-9-21)17-20(16-31)7-11-30/h2-7,11,15-16,21,23H,8-10,12-14,17-18,30-31H2,1H3. The predicted octanol–water partition coefficient (Wildman–Crippen LogP) is 2.44. The summed E-state index contributed by atoms with van der Waals surface area (Å²) in [6, 6.07) is 9.62. The lowest BCUT2D eigenvalue weighted by Crippen LogP contribution is -2.42. The Morgan fingerprint density at radius 3 is 2.61 bits per heavy atom. The number of piperidine rings is 1. The van der Waals surface area contributed by atoms with E-state index in [2.05, 4.69) is 9.88 Å². The molecule has 5 rings (SSSR count). The lowest BCUT2D eigenvalue weighted by atomic mass is 9.95. The highest BCUT2D eigenvalue weighted by molar-refractivity contribution is 5.80. The van der Waals surface area contributed by atoms with Crippen molar-refractivity contribution in [3.63, 3.8) is 0 Å². The molecule has 0 spiro atoms. The summed E-state index contributed by atoms with van der Waals surface area (Å²) in [5.74, 6) is 0.145. The predicted molar refractivity (Wildman–Crippen MR) is 145 cm³/mol. The van der Waals surface area contributed by atoms with Gasteiger partial charge in [-0.1, -0.05) is 6.07 Å². The second-order valence-electron chi connectivity index (χ2n) is 10.1. The summed E-state index contributed by atoms with van der Waals surface area (Å²) in [4.78, 5) is 35.8. The molecule has 0 bridgehead atoms. The number of aryl methyl sites for hydroxylation is 1. The van der Waals surface area contributed by atoms with Gasteiger partial charge in [-0.2, -0.15) is 0 Å². The number of hydrogen-bond acceptors (Lipinski definition) is 6. The molecule has 200 valence electrons. The molecule has 3 aromatic rings. The van der Waals surface area contributed by atoms with Gasteiger partial charge in [0.15, 0.2) is 0 Å². The van der Waals surface area contributed by atoms with Crippen molar-refractivity contribution in [3.05, 3.63) is 82.4 Å². The summed E-state index contributed by atoms with van der Waals surface area (Å²) in [5.41, 5.74) is 13.7. The van der Waals surface area contributed by atoms with Gasteiger partial charge in [0, 0.05) is 37.3 Å². The maximum Gasteiger partial charge on any atom is 0.335 e. The van der Waals surface area contributed by atoms with Gasteiger partial charge in [-0.05, 0) is 87.6 Å². The molecule has 2 saturated heterocycles. The van der Waals surface area contributed by atoms with Crippen LogP contribution in [0.2, 0.25) is 0 Å². The number of fused-ring (bicyclic) bond motifs is 1. The number of amides is 1. The molecular weight excluding hydrogens is 485 g/mol. The molecule has 38 heavy (non-hydrogen) atoms. The third-order valence-corrected chi connectivity index (χ3v) is 7.65. The fourth-order valence-corrected chi connectivity index (χ4v) is 5.71. The number of likely N-dealkylation sites (tertiary alicyclic amines) is 2. The number of imidazole rings is 1. The van der Waals surface area contributed by atoms with Gasteiger partial charge in [0.25, 0.3) is 0 Å². The van der Waals surface area contributed by atoms with E-state index in [1.165, 1.54) is 22.9 Å². The van der Waals surface area contributed by atoms with Crippen molar-refractivity contribution in [3.8, 4) is 5.82 Å². The third kappa shape index (κ3) is 4.96. The van der Waals surface area contributed by atoms with E-state index in [0.29, 0.717) is 42.9 Å². The quantitative estimate of drug-likeness (QED) is 0.484. The van der Waals surface area contributed by atoms with Crippen LogP contribution in [0.5, 0.6) is 0 Å². The molecule has 0 aliphatic carbocycles. The van der Waals surface area contributed by atoms with Crippen molar-refractivity contribution in [2.75, 3.05) is 32.7 Å². The van der Waals surface area contributed by atoms with Crippen molar-refractivity contribution >= 4 is 16.9 Å². The van der Waals surface area contributed by atoms with Crippen molar-refractivity contribution in [2.24, 2.45) is 17.4 Å². The van der Waals surface area contributed by atoms with Crippen LogP contribution in [-0.2, 0) is 4.79 Å². The van der Waals surface area contributed by atoms with E-state index in [1.54, 1.807) is 29.0 Å². The van der Waals surface area contributed by atoms with Gasteiger partial charge in [-0.25, -0.2) is 18.7 Å². The van der Waals surface area contributed by atoms with Crippen molar-refractivity contribution in [1.29, 1.82) is 0 Å². The van der Waals surface area contributed by atoms with Crippen molar-refractivity contribution in [1.82, 2.24) is 23.9 Å². The van der Waals surface area contributed by atoms with E-state index in [1.807, 2.05) is 24.0 Å². The van der Waals surface area contributed by atoms with E-state index < -0.39 is 5.82 Å². The topological polar surface area (TPSA) is 115 Å². The van der Waals surface area contributed by atoms with Gasteiger partial charge in [0.2, 0.25) is 5.91 Å². The lowest BCUT2D eigenvalue weighted by molar-refractivity contribution is -0.136. The van der Waals surface area contributed by atoms with Crippen LogP contribution in [-0.4, -0.2) is 62.5 Å². The first-order valence-corrected chi connectivity index (χ1v) is 13.1.